The van der Waals surface area contributed by atoms with E-state index in [4.69, 9.17) is 4.42 Å². The van der Waals surface area contributed by atoms with E-state index in [-0.39, 0.29) is 10.1 Å². The predicted octanol–water partition coefficient (Wildman–Crippen LogP) is 3.60. The number of aryl methyl sites for hydroxylation is 1. The van der Waals surface area contributed by atoms with Gasteiger partial charge in [-0.2, -0.15) is 4.31 Å². The third-order valence-corrected chi connectivity index (χ3v) is 7.26. The Morgan fingerprint density at radius 1 is 1.30 bits per heavy atom. The molecule has 4 nitrogen and oxygen atoms in total. The number of sulfonamides is 1. The number of halogens is 1. The number of furan rings is 1. The number of thioether (sulfide) groups is 1. The van der Waals surface area contributed by atoms with Gasteiger partial charge in [-0.15, -0.1) is 11.8 Å². The molecule has 23 heavy (non-hydrogen) atoms. The van der Waals surface area contributed by atoms with Crippen LogP contribution >= 0.6 is 11.8 Å². The lowest BCUT2D eigenvalue weighted by molar-refractivity contribution is 0.417. The first-order valence-corrected chi connectivity index (χ1v) is 9.88. The Bertz CT molecular complexity index is 775. The number of hydrogen-bond donors (Lipinski definition) is 0. The Balaban J connectivity index is 1.81. The quantitative estimate of drug-likeness (QED) is 0.844. The van der Waals surface area contributed by atoms with Gasteiger partial charge in [0.2, 0.25) is 10.0 Å². The summed E-state index contributed by atoms with van der Waals surface area (Å²) in [7, 11) is -3.60. The summed E-state index contributed by atoms with van der Waals surface area (Å²) in [6, 6.07) is 7.56. The summed E-state index contributed by atoms with van der Waals surface area (Å²) in [4.78, 5) is 0.181. The Morgan fingerprint density at radius 3 is 2.83 bits per heavy atom. The van der Waals surface area contributed by atoms with E-state index in [1.54, 1.807) is 24.9 Å². The molecule has 2 aromatic rings. The minimum atomic E-state index is -3.60. The summed E-state index contributed by atoms with van der Waals surface area (Å²) in [5.74, 6) is 1.16. The van der Waals surface area contributed by atoms with Crippen molar-refractivity contribution >= 4 is 21.8 Å². The minimum absolute atomic E-state index is 0.166. The second-order valence-corrected chi connectivity index (χ2v) is 8.69. The number of rotatable bonds is 3. The maximum atomic E-state index is 13.2. The van der Waals surface area contributed by atoms with E-state index in [0.717, 1.165) is 5.76 Å². The maximum absolute atomic E-state index is 13.2. The van der Waals surface area contributed by atoms with Gasteiger partial charge in [-0.05, 0) is 49.2 Å². The van der Waals surface area contributed by atoms with Crippen LogP contribution in [-0.2, 0) is 10.0 Å². The largest absolute Gasteiger partial charge is 0.468 e. The lowest BCUT2D eigenvalue weighted by atomic mass is 10.2. The molecule has 0 unspecified atom stereocenters. The van der Waals surface area contributed by atoms with E-state index < -0.39 is 15.8 Å². The van der Waals surface area contributed by atoms with E-state index in [1.165, 1.54) is 22.5 Å². The van der Waals surface area contributed by atoms with Crippen molar-refractivity contribution < 1.29 is 17.2 Å². The molecule has 2 heterocycles. The fourth-order valence-electron chi connectivity index (χ4n) is 2.73. The summed E-state index contributed by atoms with van der Waals surface area (Å²) in [5, 5.41) is 0.166. The molecule has 0 saturated carbocycles. The highest BCUT2D eigenvalue weighted by atomic mass is 32.2. The first-order valence-electron chi connectivity index (χ1n) is 7.40. The minimum Gasteiger partial charge on any atom is -0.468 e. The van der Waals surface area contributed by atoms with E-state index in [2.05, 4.69) is 0 Å². The molecule has 1 aliphatic rings. The van der Waals surface area contributed by atoms with Gasteiger partial charge in [0, 0.05) is 18.8 Å². The van der Waals surface area contributed by atoms with Gasteiger partial charge in [0.05, 0.1) is 16.4 Å². The summed E-state index contributed by atoms with van der Waals surface area (Å²) in [6.45, 7) is 2.49. The van der Waals surface area contributed by atoms with Crippen LogP contribution in [-0.4, -0.2) is 31.6 Å². The smallest absolute Gasteiger partial charge is 0.243 e. The SMILES string of the molecule is Cc1cc(F)ccc1S(=O)(=O)N1CCS[C@@H](c2ccco2)CC1. The molecule has 0 bridgehead atoms. The number of hydrogen-bond acceptors (Lipinski definition) is 4. The van der Waals surface area contributed by atoms with Crippen molar-refractivity contribution in [2.45, 2.75) is 23.5 Å². The molecule has 0 aliphatic carbocycles. The normalized spacial score (nSPS) is 20.3. The van der Waals surface area contributed by atoms with E-state index in [1.807, 2.05) is 12.1 Å². The first kappa shape index (κ1) is 16.5. The molecule has 0 N–H and O–H groups in total. The van der Waals surface area contributed by atoms with Gasteiger partial charge in [0.15, 0.2) is 0 Å². The Hall–Kier alpha value is -1.31. The number of benzene rings is 1. The van der Waals surface area contributed by atoms with Crippen molar-refractivity contribution in [3.63, 3.8) is 0 Å². The summed E-state index contributed by atoms with van der Waals surface area (Å²) < 4.78 is 45.8. The van der Waals surface area contributed by atoms with Gasteiger partial charge in [-0.3, -0.25) is 0 Å². The summed E-state index contributed by atoms with van der Waals surface area (Å²) >= 11 is 1.70. The van der Waals surface area contributed by atoms with Crippen LogP contribution in [0.4, 0.5) is 4.39 Å². The van der Waals surface area contributed by atoms with Crippen LogP contribution < -0.4 is 0 Å². The third kappa shape index (κ3) is 3.46. The topological polar surface area (TPSA) is 50.5 Å². The van der Waals surface area contributed by atoms with Crippen molar-refractivity contribution in [2.75, 3.05) is 18.8 Å². The second kappa shape index (κ2) is 6.67. The Labute approximate surface area is 139 Å². The van der Waals surface area contributed by atoms with Crippen molar-refractivity contribution in [1.29, 1.82) is 0 Å². The molecule has 1 aromatic carbocycles. The van der Waals surface area contributed by atoms with Crippen LogP contribution in [0.5, 0.6) is 0 Å². The van der Waals surface area contributed by atoms with E-state index in [0.29, 0.717) is 30.8 Å². The van der Waals surface area contributed by atoms with Crippen molar-refractivity contribution in [2.24, 2.45) is 0 Å². The molecule has 0 amide bonds. The van der Waals surface area contributed by atoms with Gasteiger partial charge in [-0.1, -0.05) is 0 Å². The zero-order valence-corrected chi connectivity index (χ0v) is 14.4. The zero-order valence-electron chi connectivity index (χ0n) is 12.7. The van der Waals surface area contributed by atoms with Gasteiger partial charge < -0.3 is 4.42 Å². The monoisotopic (exact) mass is 355 g/mol. The van der Waals surface area contributed by atoms with Gasteiger partial charge in [0.25, 0.3) is 0 Å². The lowest BCUT2D eigenvalue weighted by Crippen LogP contribution is -2.33. The van der Waals surface area contributed by atoms with E-state index >= 15 is 0 Å². The van der Waals surface area contributed by atoms with Crippen LogP contribution in [0.1, 0.15) is 23.0 Å². The van der Waals surface area contributed by atoms with Crippen LogP contribution in [0, 0.1) is 12.7 Å². The molecule has 3 rings (SSSR count). The standard InChI is InChI=1S/C16H18FNO3S2/c1-12-11-13(17)4-5-16(12)23(19,20)18-7-6-15(22-10-8-18)14-3-2-9-21-14/h2-5,9,11,15H,6-8,10H2,1H3/t15-/m1/s1. The van der Waals surface area contributed by atoms with Crippen molar-refractivity contribution in [3.8, 4) is 0 Å². The van der Waals surface area contributed by atoms with Gasteiger partial charge in [0.1, 0.15) is 11.6 Å². The molecule has 1 saturated heterocycles. The van der Waals surface area contributed by atoms with Crippen LogP contribution in [0.15, 0.2) is 45.9 Å². The van der Waals surface area contributed by atoms with Gasteiger partial charge >= 0.3 is 0 Å². The summed E-state index contributed by atoms with van der Waals surface area (Å²) in [5.41, 5.74) is 0.435. The van der Waals surface area contributed by atoms with Crippen molar-refractivity contribution in [3.05, 3.63) is 53.7 Å². The zero-order chi connectivity index (χ0) is 16.4. The maximum Gasteiger partial charge on any atom is 0.243 e. The molecule has 1 fully saturated rings. The summed E-state index contributed by atoms with van der Waals surface area (Å²) in [6.07, 6.45) is 2.33. The van der Waals surface area contributed by atoms with Crippen LogP contribution in [0.25, 0.3) is 0 Å². The lowest BCUT2D eigenvalue weighted by Gasteiger charge is -2.21. The highest BCUT2D eigenvalue weighted by Crippen LogP contribution is 2.36. The molecule has 1 aliphatic heterocycles. The molecule has 7 heteroatoms. The van der Waals surface area contributed by atoms with Crippen LogP contribution in [0.2, 0.25) is 0 Å². The first-order chi connectivity index (χ1) is 11.0. The Morgan fingerprint density at radius 2 is 2.13 bits per heavy atom. The third-order valence-electron chi connectivity index (χ3n) is 3.92. The highest BCUT2D eigenvalue weighted by molar-refractivity contribution is 7.99. The molecular weight excluding hydrogens is 337 g/mol. The predicted molar refractivity (Wildman–Crippen MR) is 88.4 cm³/mol. The van der Waals surface area contributed by atoms with Crippen molar-refractivity contribution in [1.82, 2.24) is 4.31 Å². The van der Waals surface area contributed by atoms with E-state index in [9.17, 15) is 12.8 Å². The molecule has 0 spiro atoms. The average Bonchev–Trinajstić information content (AvgIpc) is 2.91. The van der Waals surface area contributed by atoms with Crippen LogP contribution in [0.3, 0.4) is 0 Å². The molecule has 124 valence electrons. The fraction of sp³-hybridized carbons (Fsp3) is 0.375. The fourth-order valence-corrected chi connectivity index (χ4v) is 5.69. The second-order valence-electron chi connectivity index (χ2n) is 5.48. The molecule has 1 atom stereocenters. The molecule has 1 aromatic heterocycles. The highest BCUT2D eigenvalue weighted by Gasteiger charge is 2.30. The average molecular weight is 355 g/mol. The molecular formula is C16H18FNO3S2. The number of nitrogens with zero attached hydrogens (tertiary/aromatic N) is 1. The molecule has 0 radical (unpaired) electrons. The Kier molecular flexibility index (Phi) is 4.79. The van der Waals surface area contributed by atoms with Gasteiger partial charge in [-0.25, -0.2) is 12.8 Å².